The number of carboxylic acids is 1. The maximum atomic E-state index is 12.1. The molecular weight excluding hydrogens is 314 g/mol. The summed E-state index contributed by atoms with van der Waals surface area (Å²) in [6, 6.07) is 0. The van der Waals surface area contributed by atoms with E-state index in [1.807, 2.05) is 0 Å². The Morgan fingerprint density at radius 1 is 1.38 bits per heavy atom. The van der Waals surface area contributed by atoms with Gasteiger partial charge in [0.05, 0.1) is 18.6 Å². The van der Waals surface area contributed by atoms with Gasteiger partial charge < -0.3 is 25.3 Å². The van der Waals surface area contributed by atoms with Gasteiger partial charge >= 0.3 is 5.97 Å². The van der Waals surface area contributed by atoms with Crippen molar-refractivity contribution in [1.29, 1.82) is 0 Å². The van der Waals surface area contributed by atoms with Crippen LogP contribution in [0.3, 0.4) is 0 Å². The van der Waals surface area contributed by atoms with E-state index in [2.05, 4.69) is 10.5 Å². The third-order valence-electron chi connectivity index (χ3n) is 5.26. The van der Waals surface area contributed by atoms with Gasteiger partial charge in [-0.05, 0) is 44.7 Å². The Hall–Kier alpha value is -1.67. The summed E-state index contributed by atoms with van der Waals surface area (Å²) in [4.78, 5) is 29.5. The van der Waals surface area contributed by atoms with Crippen LogP contribution in [0.5, 0.6) is 0 Å². The van der Waals surface area contributed by atoms with Crippen molar-refractivity contribution in [3.63, 3.8) is 0 Å². The third kappa shape index (κ3) is 3.54. The summed E-state index contributed by atoms with van der Waals surface area (Å²) in [7, 11) is 0. The quantitative estimate of drug-likeness (QED) is 0.642. The normalized spacial score (nSPS) is 30.7. The molecule has 3 heterocycles. The fraction of sp³-hybridized carbons (Fsp3) is 0.812. The zero-order valence-electron chi connectivity index (χ0n) is 13.7. The number of carbonyl (C=O) groups is 2. The summed E-state index contributed by atoms with van der Waals surface area (Å²) in [6.45, 7) is 2.11. The number of likely N-dealkylation sites (tertiary alicyclic amines) is 1. The van der Waals surface area contributed by atoms with Crippen molar-refractivity contribution in [3.8, 4) is 0 Å². The van der Waals surface area contributed by atoms with Crippen LogP contribution in [0.25, 0.3) is 0 Å². The molecular formula is C16H25N3O5. The lowest BCUT2D eigenvalue weighted by molar-refractivity contribution is -0.146. The lowest BCUT2D eigenvalue weighted by Crippen LogP contribution is -2.45. The fourth-order valence-electron chi connectivity index (χ4n) is 3.81. The summed E-state index contributed by atoms with van der Waals surface area (Å²) in [5.74, 6) is -0.589. The number of carbonyl (C=O) groups excluding carboxylic acids is 1. The lowest BCUT2D eigenvalue weighted by Gasteiger charge is -2.28. The molecule has 0 saturated carbocycles. The minimum atomic E-state index is -1.13. The second-order valence-corrected chi connectivity index (χ2v) is 7.00. The second kappa shape index (κ2) is 7.06. The minimum absolute atomic E-state index is 0.00908. The number of piperidine rings is 1. The highest BCUT2D eigenvalue weighted by atomic mass is 16.7. The lowest BCUT2D eigenvalue weighted by atomic mass is 9.88. The number of carboxylic acid groups (broad SMARTS) is 1. The largest absolute Gasteiger partial charge is 0.481 e. The van der Waals surface area contributed by atoms with Crippen LogP contribution in [0.4, 0.5) is 0 Å². The Morgan fingerprint density at radius 3 is 2.83 bits per heavy atom. The van der Waals surface area contributed by atoms with Crippen LogP contribution in [0.2, 0.25) is 0 Å². The van der Waals surface area contributed by atoms with Crippen molar-refractivity contribution < 1.29 is 24.6 Å². The van der Waals surface area contributed by atoms with Gasteiger partial charge in [0.2, 0.25) is 5.91 Å². The molecule has 3 rings (SSSR count). The van der Waals surface area contributed by atoms with Gasteiger partial charge in [-0.3, -0.25) is 9.59 Å². The van der Waals surface area contributed by atoms with Crippen LogP contribution >= 0.6 is 0 Å². The van der Waals surface area contributed by atoms with E-state index in [1.54, 1.807) is 0 Å². The monoisotopic (exact) mass is 339 g/mol. The molecule has 3 aliphatic heterocycles. The summed E-state index contributed by atoms with van der Waals surface area (Å²) < 4.78 is 0. The van der Waals surface area contributed by atoms with Crippen LogP contribution in [-0.4, -0.2) is 64.2 Å². The zero-order valence-corrected chi connectivity index (χ0v) is 13.7. The molecule has 0 aliphatic carbocycles. The highest BCUT2D eigenvalue weighted by Crippen LogP contribution is 2.39. The molecule has 1 spiro atoms. The van der Waals surface area contributed by atoms with E-state index in [9.17, 15) is 14.7 Å². The minimum Gasteiger partial charge on any atom is -0.481 e. The molecule has 8 nitrogen and oxygen atoms in total. The second-order valence-electron chi connectivity index (χ2n) is 7.00. The fourth-order valence-corrected chi connectivity index (χ4v) is 3.81. The first-order valence-corrected chi connectivity index (χ1v) is 8.64. The van der Waals surface area contributed by atoms with Crippen LogP contribution in [0.15, 0.2) is 5.16 Å². The Morgan fingerprint density at radius 2 is 2.12 bits per heavy atom. The van der Waals surface area contributed by atoms with Gasteiger partial charge in [0.15, 0.2) is 11.8 Å². The van der Waals surface area contributed by atoms with Crippen molar-refractivity contribution in [2.75, 3.05) is 19.6 Å². The van der Waals surface area contributed by atoms with Crippen molar-refractivity contribution in [2.24, 2.45) is 11.1 Å². The number of nitrogens with one attached hydrogen (secondary N) is 1. The van der Waals surface area contributed by atoms with Crippen LogP contribution in [-0.2, 0) is 14.4 Å². The first-order chi connectivity index (χ1) is 11.5. The average molecular weight is 339 g/mol. The van der Waals surface area contributed by atoms with E-state index in [4.69, 9.17) is 9.94 Å². The molecule has 2 fully saturated rings. The molecule has 2 unspecified atom stereocenters. The number of aliphatic carboxylic acids is 1. The average Bonchev–Trinajstić information content (AvgIpc) is 3.07. The molecule has 0 radical (unpaired) electrons. The number of hydrogen-bond acceptors (Lipinski definition) is 6. The summed E-state index contributed by atoms with van der Waals surface area (Å²) in [6.07, 6.45) is 3.37. The van der Waals surface area contributed by atoms with Gasteiger partial charge in [-0.15, -0.1) is 0 Å². The zero-order chi connectivity index (χ0) is 17.2. The number of rotatable bonds is 6. The van der Waals surface area contributed by atoms with Gasteiger partial charge in [0.1, 0.15) is 0 Å². The van der Waals surface area contributed by atoms with E-state index in [0.29, 0.717) is 12.3 Å². The van der Waals surface area contributed by atoms with Crippen molar-refractivity contribution in [2.45, 2.75) is 56.8 Å². The Labute approximate surface area is 140 Å². The molecule has 3 N–H and O–H groups in total. The first-order valence-electron chi connectivity index (χ1n) is 8.64. The molecule has 0 aromatic heterocycles. The molecule has 8 heteroatoms. The van der Waals surface area contributed by atoms with Crippen molar-refractivity contribution in [1.82, 2.24) is 10.2 Å². The Bertz CT molecular complexity index is 532. The summed E-state index contributed by atoms with van der Waals surface area (Å²) in [5.41, 5.74) is -0.139. The number of aliphatic hydroxyl groups is 1. The van der Waals surface area contributed by atoms with E-state index in [0.717, 1.165) is 31.6 Å². The first kappa shape index (κ1) is 17.2. The Balaban J connectivity index is 1.52. The number of hydrogen-bond donors (Lipinski definition) is 3. The third-order valence-corrected chi connectivity index (χ3v) is 5.26. The molecule has 0 aromatic carbocycles. The van der Waals surface area contributed by atoms with Gasteiger partial charge in [-0.25, -0.2) is 0 Å². The van der Waals surface area contributed by atoms with Gasteiger partial charge in [0, 0.05) is 13.0 Å². The molecule has 3 aliphatic rings. The molecule has 0 aromatic rings. The molecule has 2 saturated heterocycles. The van der Waals surface area contributed by atoms with Crippen LogP contribution in [0.1, 0.15) is 44.9 Å². The molecule has 1 amide bonds. The summed E-state index contributed by atoms with van der Waals surface area (Å²) in [5, 5.41) is 26.7. The molecule has 134 valence electrons. The maximum Gasteiger partial charge on any atom is 0.305 e. The Kier molecular flexibility index (Phi) is 5.05. The number of nitrogens with zero attached hydrogens (tertiary/aromatic N) is 2. The van der Waals surface area contributed by atoms with E-state index >= 15 is 0 Å². The predicted molar refractivity (Wildman–Crippen MR) is 85.3 cm³/mol. The van der Waals surface area contributed by atoms with Gasteiger partial charge in [-0.2, -0.15) is 0 Å². The SMILES string of the molecule is O=C(O)CCN1C(=O)CC2(CC(CCC3CCNCC3)=NO2)C1O. The molecule has 2 atom stereocenters. The van der Waals surface area contributed by atoms with Gasteiger partial charge in [-0.1, -0.05) is 5.16 Å². The van der Waals surface area contributed by atoms with E-state index < -0.39 is 17.8 Å². The number of amides is 1. The van der Waals surface area contributed by atoms with Gasteiger partial charge in [0.25, 0.3) is 0 Å². The van der Waals surface area contributed by atoms with Crippen molar-refractivity contribution >= 4 is 17.6 Å². The topological polar surface area (TPSA) is 111 Å². The van der Waals surface area contributed by atoms with E-state index in [1.165, 1.54) is 17.7 Å². The van der Waals surface area contributed by atoms with E-state index in [-0.39, 0.29) is 25.3 Å². The summed E-state index contributed by atoms with van der Waals surface area (Å²) >= 11 is 0. The number of aliphatic hydroxyl groups excluding tert-OH is 1. The van der Waals surface area contributed by atoms with Crippen molar-refractivity contribution in [3.05, 3.63) is 0 Å². The standard InChI is InChI=1S/C16H25N3O5/c20-13-10-16(15(23)19(13)8-5-14(21)22)9-12(18-24-16)2-1-11-3-6-17-7-4-11/h11,15,17,23H,1-10H2,(H,21,22). The molecule has 24 heavy (non-hydrogen) atoms. The van der Waals surface area contributed by atoms with Crippen LogP contribution < -0.4 is 5.32 Å². The predicted octanol–water partition coefficient (Wildman–Crippen LogP) is 0.307. The number of oxime groups is 1. The molecule has 0 bridgehead atoms. The maximum absolute atomic E-state index is 12.1. The highest BCUT2D eigenvalue weighted by Gasteiger charge is 2.56. The van der Waals surface area contributed by atoms with Crippen LogP contribution in [0, 0.1) is 5.92 Å². The highest BCUT2D eigenvalue weighted by molar-refractivity contribution is 5.89. The smallest absolute Gasteiger partial charge is 0.305 e.